The fraction of sp³-hybridized carbons (Fsp3) is 0.303. The van der Waals surface area contributed by atoms with E-state index in [9.17, 15) is 37.7 Å². The summed E-state index contributed by atoms with van der Waals surface area (Å²) in [6.07, 6.45) is -4.28. The molecule has 14 heteroatoms. The van der Waals surface area contributed by atoms with Gasteiger partial charge in [0.15, 0.2) is 0 Å². The number of ether oxygens (including phenoxy) is 1. The molecule has 3 heterocycles. The van der Waals surface area contributed by atoms with Crippen LogP contribution in [0.1, 0.15) is 33.9 Å². The first-order valence-electron chi connectivity index (χ1n) is 14.9. The maximum Gasteiger partial charge on any atom is 0.418 e. The van der Waals surface area contributed by atoms with Gasteiger partial charge in [-0.05, 0) is 47.9 Å². The second kappa shape index (κ2) is 10.8. The van der Waals surface area contributed by atoms with E-state index in [1.54, 1.807) is 6.07 Å². The minimum atomic E-state index is -4.78. The number of non-ortho nitro benzene ring substituents is 1. The normalized spacial score (nSPS) is 27.5. The molecule has 8 rings (SSSR count). The standard InChI is InChI=1S/C33H24F3N3O6S2/c34-33(35,36)20-8-4-5-9-21(20)38-30(40)25-18-13-19(26(25)31(38)41)27-24(18)23(28-29(46-27)37-32(42)47-28)17-12-16(39(43)44)10-11-22(17)45-14-15-6-2-1-3-7-15/h1-12,18-19,23-27H,13-14H2,(H,37,42)/t18?,19?,23-,24?,25?,26?,27?/m1/s1. The van der Waals surface area contributed by atoms with Crippen molar-refractivity contribution in [3.05, 3.63) is 114 Å². The van der Waals surface area contributed by atoms with Crippen molar-refractivity contribution in [2.24, 2.45) is 29.6 Å². The maximum atomic E-state index is 14.1. The number of benzene rings is 3. The van der Waals surface area contributed by atoms with E-state index in [2.05, 4.69) is 4.98 Å². The summed E-state index contributed by atoms with van der Waals surface area (Å²) in [4.78, 5) is 56.1. The molecule has 240 valence electrons. The number of nitro groups is 1. The van der Waals surface area contributed by atoms with Crippen molar-refractivity contribution in [2.75, 3.05) is 4.90 Å². The Morgan fingerprint density at radius 1 is 0.957 bits per heavy atom. The summed E-state index contributed by atoms with van der Waals surface area (Å²) in [5, 5.41) is 12.3. The summed E-state index contributed by atoms with van der Waals surface area (Å²) in [6.45, 7) is 0.175. The minimum Gasteiger partial charge on any atom is -0.489 e. The molecule has 2 aliphatic heterocycles. The lowest BCUT2D eigenvalue weighted by Crippen LogP contribution is -2.42. The number of imide groups is 1. The molecule has 6 unspecified atom stereocenters. The first-order valence-corrected chi connectivity index (χ1v) is 16.6. The quantitative estimate of drug-likeness (QED) is 0.138. The molecule has 3 fully saturated rings. The molecule has 2 bridgehead atoms. The predicted octanol–water partition coefficient (Wildman–Crippen LogP) is 6.62. The monoisotopic (exact) mass is 679 g/mol. The van der Waals surface area contributed by atoms with E-state index in [0.29, 0.717) is 32.5 Å². The number of hydrogen-bond donors (Lipinski definition) is 1. The molecular weight excluding hydrogens is 656 g/mol. The summed E-state index contributed by atoms with van der Waals surface area (Å²) in [5.74, 6) is -4.31. The largest absolute Gasteiger partial charge is 0.489 e. The fourth-order valence-corrected chi connectivity index (χ4v) is 11.1. The van der Waals surface area contributed by atoms with E-state index in [1.165, 1.54) is 36.0 Å². The van der Waals surface area contributed by atoms with Gasteiger partial charge in [-0.25, -0.2) is 4.90 Å². The average molecular weight is 680 g/mol. The number of hydrogen-bond acceptors (Lipinski definition) is 8. The number of nitro benzene ring substituents is 1. The molecule has 1 saturated heterocycles. The number of H-pyrrole nitrogens is 1. The Bertz CT molecular complexity index is 2010. The Morgan fingerprint density at radius 3 is 2.38 bits per heavy atom. The summed E-state index contributed by atoms with van der Waals surface area (Å²) in [7, 11) is 0. The van der Waals surface area contributed by atoms with Crippen molar-refractivity contribution in [2.45, 2.75) is 35.4 Å². The van der Waals surface area contributed by atoms with Crippen LogP contribution < -0.4 is 14.5 Å². The number of alkyl halides is 3. The van der Waals surface area contributed by atoms with Gasteiger partial charge >= 0.3 is 11.0 Å². The maximum absolute atomic E-state index is 14.1. The van der Waals surface area contributed by atoms with Crippen LogP contribution in [-0.4, -0.2) is 27.0 Å². The number of nitrogens with one attached hydrogen (secondary N) is 1. The van der Waals surface area contributed by atoms with Crippen molar-refractivity contribution in [3.8, 4) is 5.75 Å². The van der Waals surface area contributed by atoms with Crippen LogP contribution in [0.2, 0.25) is 0 Å². The van der Waals surface area contributed by atoms with Crippen molar-refractivity contribution in [3.63, 3.8) is 0 Å². The van der Waals surface area contributed by atoms with Crippen molar-refractivity contribution in [1.82, 2.24) is 4.98 Å². The Labute approximate surface area is 272 Å². The van der Waals surface area contributed by atoms with Gasteiger partial charge in [0.25, 0.3) is 5.69 Å². The van der Waals surface area contributed by atoms with Gasteiger partial charge < -0.3 is 9.72 Å². The third-order valence-electron chi connectivity index (χ3n) is 9.95. The summed E-state index contributed by atoms with van der Waals surface area (Å²) < 4.78 is 48.3. The zero-order chi connectivity index (χ0) is 32.8. The predicted molar refractivity (Wildman–Crippen MR) is 166 cm³/mol. The Morgan fingerprint density at radius 2 is 1.66 bits per heavy atom. The van der Waals surface area contributed by atoms with E-state index < -0.39 is 57.8 Å². The minimum absolute atomic E-state index is 0.172. The molecule has 47 heavy (non-hydrogen) atoms. The van der Waals surface area contributed by atoms with Gasteiger partial charge in [0.2, 0.25) is 11.8 Å². The Balaban J connectivity index is 1.23. The number of halogens is 3. The molecule has 4 aliphatic rings. The molecule has 9 nitrogen and oxygen atoms in total. The first-order chi connectivity index (χ1) is 22.5. The van der Waals surface area contributed by atoms with Gasteiger partial charge in [-0.2, -0.15) is 13.2 Å². The number of fused-ring (bicyclic) bond motifs is 9. The Kier molecular flexibility index (Phi) is 6.88. The van der Waals surface area contributed by atoms with E-state index in [-0.39, 0.29) is 34.3 Å². The molecule has 2 aliphatic carbocycles. The van der Waals surface area contributed by atoms with E-state index >= 15 is 0 Å². The number of carbonyl (C=O) groups excluding carboxylic acids is 2. The zero-order valence-electron chi connectivity index (χ0n) is 24.2. The van der Waals surface area contributed by atoms with Crippen LogP contribution in [0, 0.1) is 39.7 Å². The molecule has 4 aromatic rings. The van der Waals surface area contributed by atoms with Crippen molar-refractivity contribution >= 4 is 46.3 Å². The highest BCUT2D eigenvalue weighted by atomic mass is 32.2. The topological polar surface area (TPSA) is 123 Å². The van der Waals surface area contributed by atoms with Crippen LogP contribution in [-0.2, 0) is 22.4 Å². The van der Waals surface area contributed by atoms with Crippen LogP contribution in [0.4, 0.5) is 24.5 Å². The molecule has 2 saturated carbocycles. The molecule has 1 aromatic heterocycles. The second-order valence-corrected chi connectivity index (χ2v) is 14.4. The molecule has 3 aromatic carbocycles. The van der Waals surface area contributed by atoms with Crippen molar-refractivity contribution in [1.29, 1.82) is 0 Å². The van der Waals surface area contributed by atoms with E-state index in [0.717, 1.165) is 29.0 Å². The molecular formula is C33H24F3N3O6S2. The smallest absolute Gasteiger partial charge is 0.418 e. The van der Waals surface area contributed by atoms with Crippen LogP contribution in [0.15, 0.2) is 82.6 Å². The molecule has 2 amide bonds. The lowest BCUT2D eigenvalue weighted by Gasteiger charge is -2.43. The number of carbonyl (C=O) groups is 2. The third kappa shape index (κ3) is 4.63. The zero-order valence-corrected chi connectivity index (χ0v) is 25.8. The highest BCUT2D eigenvalue weighted by Crippen LogP contribution is 2.69. The van der Waals surface area contributed by atoms with Gasteiger partial charge in [-0.15, -0.1) is 11.8 Å². The molecule has 0 radical (unpaired) electrons. The summed E-state index contributed by atoms with van der Waals surface area (Å²) in [5.41, 5.74) is -0.348. The lowest BCUT2D eigenvalue weighted by atomic mass is 9.68. The van der Waals surface area contributed by atoms with Crippen LogP contribution >= 0.6 is 23.1 Å². The number of anilines is 1. The number of para-hydroxylation sites is 1. The molecule has 0 spiro atoms. The Hall–Kier alpha value is -4.43. The number of rotatable bonds is 6. The SMILES string of the molecule is O=C1C2C3CC(C2C(=O)N1c1ccccc1C(F)(F)F)C1C3Sc2[nH]c(=O)sc2[C@@H]1c1cc([N+](=O)[O-])ccc1OCc1ccccc1. The van der Waals surface area contributed by atoms with Gasteiger partial charge in [-0.3, -0.25) is 24.5 Å². The van der Waals surface area contributed by atoms with Crippen LogP contribution in [0.5, 0.6) is 5.75 Å². The highest BCUT2D eigenvalue weighted by molar-refractivity contribution is 8.00. The van der Waals surface area contributed by atoms with Gasteiger partial charge in [0.1, 0.15) is 12.4 Å². The number of nitrogens with zero attached hydrogens (tertiary/aromatic N) is 2. The van der Waals surface area contributed by atoms with E-state index in [1.807, 2.05) is 30.3 Å². The third-order valence-corrected chi connectivity index (χ3v) is 12.5. The highest BCUT2D eigenvalue weighted by Gasteiger charge is 2.70. The second-order valence-electron chi connectivity index (χ2n) is 12.2. The summed E-state index contributed by atoms with van der Waals surface area (Å²) >= 11 is 2.40. The summed E-state index contributed by atoms with van der Waals surface area (Å²) in [6, 6.07) is 18.3. The lowest BCUT2D eigenvalue weighted by molar-refractivity contribution is -0.385. The first kappa shape index (κ1) is 29.9. The average Bonchev–Trinajstić information content (AvgIpc) is 3.78. The van der Waals surface area contributed by atoms with Gasteiger partial charge in [-0.1, -0.05) is 53.8 Å². The van der Waals surface area contributed by atoms with Crippen LogP contribution in [0.25, 0.3) is 0 Å². The van der Waals surface area contributed by atoms with Gasteiger partial charge in [0, 0.05) is 33.7 Å². The number of thiazole rings is 1. The van der Waals surface area contributed by atoms with E-state index in [4.69, 9.17) is 4.74 Å². The number of aromatic nitrogens is 1. The van der Waals surface area contributed by atoms with Crippen LogP contribution in [0.3, 0.4) is 0 Å². The molecule has 1 N–H and O–H groups in total. The molecule has 7 atom stereocenters. The van der Waals surface area contributed by atoms with Crippen molar-refractivity contribution < 1.29 is 32.4 Å². The number of thioether (sulfide) groups is 1. The van der Waals surface area contributed by atoms with Gasteiger partial charge in [0.05, 0.1) is 33.0 Å². The fourth-order valence-electron chi connectivity index (χ4n) is 8.27. The number of amides is 2. The number of aromatic amines is 1.